The first-order chi connectivity index (χ1) is 15.7. The average molecular weight is 539 g/mol. The molecule has 0 saturated heterocycles. The van der Waals surface area contributed by atoms with Gasteiger partial charge in [0.2, 0.25) is 21.8 Å². The summed E-state index contributed by atoms with van der Waals surface area (Å²) in [6.45, 7) is 4.21. The Morgan fingerprint density at radius 2 is 1.67 bits per heavy atom. The molecular weight excluding hydrogens is 506 g/mol. The second-order valence-corrected chi connectivity index (χ2v) is 10.6. The van der Waals surface area contributed by atoms with Gasteiger partial charge in [-0.1, -0.05) is 62.7 Å². The predicted octanol–water partition coefficient (Wildman–Crippen LogP) is 3.94. The maximum atomic E-state index is 13.5. The Labute approximate surface area is 205 Å². The Hall–Kier alpha value is -2.39. The maximum absolute atomic E-state index is 13.5. The molecule has 0 unspecified atom stereocenters. The molecule has 2 rings (SSSR count). The van der Waals surface area contributed by atoms with E-state index in [-0.39, 0.29) is 12.5 Å². The lowest BCUT2D eigenvalue weighted by atomic mass is 10.1. The van der Waals surface area contributed by atoms with Crippen LogP contribution in [-0.4, -0.2) is 50.5 Å². The molecule has 1 N–H and O–H groups in total. The minimum Gasteiger partial charge on any atom is -0.354 e. The van der Waals surface area contributed by atoms with Crippen LogP contribution in [0.4, 0.5) is 5.69 Å². The zero-order valence-corrected chi connectivity index (χ0v) is 21.7. The van der Waals surface area contributed by atoms with E-state index < -0.39 is 28.5 Å². The van der Waals surface area contributed by atoms with Crippen molar-refractivity contribution in [3.63, 3.8) is 0 Å². The number of nitrogens with one attached hydrogen (secondary N) is 1. The number of unbranched alkanes of at least 4 members (excludes halogenated alkanes) is 1. The summed E-state index contributed by atoms with van der Waals surface area (Å²) >= 11 is 3.38. The Bertz CT molecular complexity index is 1030. The van der Waals surface area contributed by atoms with Crippen molar-refractivity contribution in [3.8, 4) is 0 Å². The average Bonchev–Trinajstić information content (AvgIpc) is 2.78. The number of carbonyl (C=O) groups excluding carboxylic acids is 2. The summed E-state index contributed by atoms with van der Waals surface area (Å²) in [6.07, 6.45) is 3.26. The maximum Gasteiger partial charge on any atom is 0.244 e. The minimum atomic E-state index is -3.76. The van der Waals surface area contributed by atoms with E-state index in [0.29, 0.717) is 23.1 Å². The minimum absolute atomic E-state index is 0.201. The summed E-state index contributed by atoms with van der Waals surface area (Å²) in [5, 5.41) is 2.91. The van der Waals surface area contributed by atoms with Crippen molar-refractivity contribution in [2.24, 2.45) is 0 Å². The second kappa shape index (κ2) is 12.7. The van der Waals surface area contributed by atoms with Gasteiger partial charge >= 0.3 is 0 Å². The molecule has 2 aromatic carbocycles. The van der Waals surface area contributed by atoms with E-state index in [1.807, 2.05) is 44.2 Å². The van der Waals surface area contributed by atoms with Crippen LogP contribution in [0.1, 0.15) is 38.7 Å². The largest absolute Gasteiger partial charge is 0.354 e. The number of nitrogens with zero attached hydrogens (tertiary/aromatic N) is 2. The monoisotopic (exact) mass is 537 g/mol. The van der Waals surface area contributed by atoms with Gasteiger partial charge in [-0.3, -0.25) is 13.9 Å². The van der Waals surface area contributed by atoms with E-state index in [4.69, 9.17) is 0 Å². The molecule has 0 aliphatic heterocycles. The number of benzene rings is 2. The third-order valence-corrected chi connectivity index (χ3v) is 7.01. The summed E-state index contributed by atoms with van der Waals surface area (Å²) < 4.78 is 26.8. The number of carbonyl (C=O) groups is 2. The van der Waals surface area contributed by atoms with E-state index in [0.717, 1.165) is 29.0 Å². The number of amides is 2. The SMILES string of the molecule is CCCCNC(=O)[C@H](CC)N(Cc1ccccc1)C(=O)CN(c1ccccc1Br)S(C)(=O)=O. The number of rotatable bonds is 12. The van der Waals surface area contributed by atoms with Crippen molar-refractivity contribution in [1.82, 2.24) is 10.2 Å². The fraction of sp³-hybridized carbons (Fsp3) is 0.417. The van der Waals surface area contributed by atoms with Gasteiger partial charge in [0.05, 0.1) is 11.9 Å². The molecular formula is C24H32BrN3O4S. The van der Waals surface area contributed by atoms with Gasteiger partial charge < -0.3 is 10.2 Å². The molecule has 0 spiro atoms. The molecule has 0 heterocycles. The van der Waals surface area contributed by atoms with Gasteiger partial charge in [-0.15, -0.1) is 0 Å². The van der Waals surface area contributed by atoms with Gasteiger partial charge in [-0.05, 0) is 46.5 Å². The molecule has 0 aliphatic rings. The molecule has 2 aromatic rings. The fourth-order valence-electron chi connectivity index (χ4n) is 3.45. The summed E-state index contributed by atoms with van der Waals surface area (Å²) in [6, 6.07) is 15.5. The lowest BCUT2D eigenvalue weighted by Gasteiger charge is -2.33. The van der Waals surface area contributed by atoms with Crippen LogP contribution in [0, 0.1) is 0 Å². The Kier molecular flexibility index (Phi) is 10.4. The van der Waals surface area contributed by atoms with E-state index in [9.17, 15) is 18.0 Å². The molecule has 33 heavy (non-hydrogen) atoms. The Morgan fingerprint density at radius 1 is 1.03 bits per heavy atom. The summed E-state index contributed by atoms with van der Waals surface area (Å²) in [5.41, 5.74) is 1.23. The highest BCUT2D eigenvalue weighted by Crippen LogP contribution is 2.28. The highest BCUT2D eigenvalue weighted by atomic mass is 79.9. The number of para-hydroxylation sites is 1. The predicted molar refractivity (Wildman–Crippen MR) is 135 cm³/mol. The molecule has 0 bridgehead atoms. The van der Waals surface area contributed by atoms with Crippen molar-refractivity contribution < 1.29 is 18.0 Å². The van der Waals surface area contributed by atoms with Gasteiger partial charge in [0.1, 0.15) is 12.6 Å². The summed E-state index contributed by atoms with van der Waals surface area (Å²) in [7, 11) is -3.76. The molecule has 7 nitrogen and oxygen atoms in total. The van der Waals surface area contributed by atoms with Crippen LogP contribution in [0.2, 0.25) is 0 Å². The van der Waals surface area contributed by atoms with Crippen LogP contribution < -0.4 is 9.62 Å². The van der Waals surface area contributed by atoms with Crippen LogP contribution in [0.25, 0.3) is 0 Å². The van der Waals surface area contributed by atoms with Gasteiger partial charge in [-0.2, -0.15) is 0 Å². The van der Waals surface area contributed by atoms with Crippen molar-refractivity contribution >= 4 is 43.5 Å². The quantitative estimate of drug-likeness (QED) is 0.415. The van der Waals surface area contributed by atoms with Crippen molar-refractivity contribution in [2.45, 2.75) is 45.7 Å². The van der Waals surface area contributed by atoms with Crippen LogP contribution in [0.3, 0.4) is 0 Å². The zero-order valence-electron chi connectivity index (χ0n) is 19.3. The van der Waals surface area contributed by atoms with E-state index in [1.54, 1.807) is 24.3 Å². The van der Waals surface area contributed by atoms with Crippen LogP contribution in [0.15, 0.2) is 59.1 Å². The van der Waals surface area contributed by atoms with Crippen molar-refractivity contribution in [1.29, 1.82) is 0 Å². The third-order valence-electron chi connectivity index (χ3n) is 5.21. The molecule has 1 atom stereocenters. The van der Waals surface area contributed by atoms with Gasteiger partial charge in [0.25, 0.3) is 0 Å². The number of hydrogen-bond acceptors (Lipinski definition) is 4. The van der Waals surface area contributed by atoms with Crippen LogP contribution in [-0.2, 0) is 26.2 Å². The Balaban J connectivity index is 2.38. The molecule has 9 heteroatoms. The number of sulfonamides is 1. The normalized spacial score (nSPS) is 12.1. The zero-order chi connectivity index (χ0) is 24.4. The first-order valence-electron chi connectivity index (χ1n) is 11.0. The first-order valence-corrected chi connectivity index (χ1v) is 13.7. The van der Waals surface area contributed by atoms with E-state index >= 15 is 0 Å². The fourth-order valence-corrected chi connectivity index (χ4v) is 4.93. The first kappa shape index (κ1) is 26.9. The topological polar surface area (TPSA) is 86.8 Å². The van der Waals surface area contributed by atoms with Gasteiger partial charge in [0.15, 0.2) is 0 Å². The van der Waals surface area contributed by atoms with E-state index in [2.05, 4.69) is 21.2 Å². The molecule has 0 aliphatic carbocycles. The second-order valence-electron chi connectivity index (χ2n) is 7.80. The van der Waals surface area contributed by atoms with E-state index in [1.165, 1.54) is 4.90 Å². The smallest absolute Gasteiger partial charge is 0.244 e. The third kappa shape index (κ3) is 7.85. The molecule has 0 aromatic heterocycles. The molecule has 0 radical (unpaired) electrons. The highest BCUT2D eigenvalue weighted by Gasteiger charge is 2.32. The van der Waals surface area contributed by atoms with Crippen LogP contribution in [0.5, 0.6) is 0 Å². The highest BCUT2D eigenvalue weighted by molar-refractivity contribution is 9.10. The lowest BCUT2D eigenvalue weighted by Crippen LogP contribution is -2.52. The molecule has 2 amide bonds. The summed E-state index contributed by atoms with van der Waals surface area (Å²) in [5.74, 6) is -0.681. The number of anilines is 1. The lowest BCUT2D eigenvalue weighted by molar-refractivity contribution is -0.140. The molecule has 180 valence electrons. The number of halogens is 1. The van der Waals surface area contributed by atoms with Crippen molar-refractivity contribution in [3.05, 3.63) is 64.6 Å². The summed E-state index contributed by atoms with van der Waals surface area (Å²) in [4.78, 5) is 28.0. The van der Waals surface area contributed by atoms with Gasteiger partial charge in [0, 0.05) is 17.6 Å². The van der Waals surface area contributed by atoms with Crippen molar-refractivity contribution in [2.75, 3.05) is 23.7 Å². The number of hydrogen-bond donors (Lipinski definition) is 1. The molecule has 0 saturated carbocycles. The van der Waals surface area contributed by atoms with Crippen LogP contribution >= 0.6 is 15.9 Å². The molecule has 0 fully saturated rings. The Morgan fingerprint density at radius 3 is 2.24 bits per heavy atom. The standard InChI is InChI=1S/C24H32BrN3O4S/c1-4-6-16-26-24(30)21(5-2)27(17-19-12-8-7-9-13-19)23(29)18-28(33(3,31)32)22-15-11-10-14-20(22)25/h7-15,21H,4-6,16-18H2,1-3H3,(H,26,30)/t21-/m0/s1. The van der Waals surface area contributed by atoms with Gasteiger partial charge in [-0.25, -0.2) is 8.42 Å².